The highest BCUT2D eigenvalue weighted by Gasteiger charge is 2.06. The fraction of sp³-hybridized carbons (Fsp3) is 0.333. The molecular formula is C9H12NO2+. The molecule has 1 rings (SSSR count). The van der Waals surface area contributed by atoms with Crippen molar-refractivity contribution in [1.29, 1.82) is 0 Å². The summed E-state index contributed by atoms with van der Waals surface area (Å²) in [4.78, 5) is 10.3. The van der Waals surface area contributed by atoms with Gasteiger partial charge < -0.3 is 5.11 Å². The number of aryl methyl sites for hydroxylation is 1. The number of carbonyl (C=O) groups is 1. The molecule has 0 bridgehead atoms. The van der Waals surface area contributed by atoms with E-state index < -0.39 is 5.97 Å². The molecule has 0 aromatic carbocycles. The molecule has 0 aliphatic rings. The number of carboxylic acid groups (broad SMARTS) is 1. The lowest BCUT2D eigenvalue weighted by atomic mass is 10.2. The number of nitrogens with zero attached hydrogens (tertiary/aromatic N) is 1. The van der Waals surface area contributed by atoms with Gasteiger partial charge in [-0.2, -0.15) is 4.57 Å². The minimum atomic E-state index is -0.812. The van der Waals surface area contributed by atoms with Gasteiger partial charge >= 0.3 is 5.97 Å². The summed E-state index contributed by atoms with van der Waals surface area (Å²) in [5, 5.41) is 8.51. The molecule has 64 valence electrons. The van der Waals surface area contributed by atoms with Gasteiger partial charge in [0, 0.05) is 11.6 Å². The van der Waals surface area contributed by atoms with Gasteiger partial charge in [0.05, 0.1) is 0 Å². The molecule has 0 aliphatic heterocycles. The van der Waals surface area contributed by atoms with Crippen molar-refractivity contribution in [3.8, 4) is 0 Å². The van der Waals surface area contributed by atoms with Crippen molar-refractivity contribution in [3.63, 3.8) is 0 Å². The van der Waals surface area contributed by atoms with Gasteiger partial charge in [0.15, 0.2) is 12.4 Å². The Morgan fingerprint density at radius 3 is 3.00 bits per heavy atom. The van der Waals surface area contributed by atoms with E-state index in [9.17, 15) is 4.79 Å². The zero-order valence-electron chi connectivity index (χ0n) is 7.03. The average molecular weight is 166 g/mol. The minimum absolute atomic E-state index is 0.0356. The van der Waals surface area contributed by atoms with Crippen LogP contribution in [0.15, 0.2) is 24.5 Å². The molecule has 0 saturated carbocycles. The quantitative estimate of drug-likeness (QED) is 0.669. The summed E-state index contributed by atoms with van der Waals surface area (Å²) < 4.78 is 1.67. The van der Waals surface area contributed by atoms with Gasteiger partial charge in [-0.25, -0.2) is 4.79 Å². The summed E-state index contributed by atoms with van der Waals surface area (Å²) in [5.74, 6) is -0.812. The Morgan fingerprint density at radius 1 is 1.67 bits per heavy atom. The van der Waals surface area contributed by atoms with Crippen molar-refractivity contribution >= 4 is 5.97 Å². The zero-order chi connectivity index (χ0) is 8.97. The van der Waals surface area contributed by atoms with Gasteiger partial charge in [-0.15, -0.1) is 0 Å². The van der Waals surface area contributed by atoms with Crippen LogP contribution in [-0.2, 0) is 17.8 Å². The van der Waals surface area contributed by atoms with Crippen molar-refractivity contribution < 1.29 is 14.5 Å². The van der Waals surface area contributed by atoms with Crippen LogP contribution in [0.1, 0.15) is 12.5 Å². The largest absolute Gasteiger partial charge is 0.477 e. The molecule has 1 N–H and O–H groups in total. The Labute approximate surface area is 71.3 Å². The van der Waals surface area contributed by atoms with Crippen LogP contribution in [0.25, 0.3) is 0 Å². The summed E-state index contributed by atoms with van der Waals surface area (Å²) in [6.45, 7) is 2.08. The predicted molar refractivity (Wildman–Crippen MR) is 43.7 cm³/mol. The van der Waals surface area contributed by atoms with Crippen LogP contribution in [0, 0.1) is 0 Å². The first kappa shape index (κ1) is 8.71. The molecule has 0 spiro atoms. The Hall–Kier alpha value is -1.38. The van der Waals surface area contributed by atoms with Crippen molar-refractivity contribution in [1.82, 2.24) is 0 Å². The van der Waals surface area contributed by atoms with Gasteiger partial charge in [-0.3, -0.25) is 0 Å². The molecule has 0 saturated heterocycles. The van der Waals surface area contributed by atoms with E-state index in [0.29, 0.717) is 0 Å². The molecule has 0 unspecified atom stereocenters. The maximum absolute atomic E-state index is 10.3. The van der Waals surface area contributed by atoms with Crippen LogP contribution >= 0.6 is 0 Å². The van der Waals surface area contributed by atoms with E-state index in [2.05, 4.69) is 0 Å². The topological polar surface area (TPSA) is 41.2 Å². The van der Waals surface area contributed by atoms with Crippen molar-refractivity contribution in [2.45, 2.75) is 19.9 Å². The van der Waals surface area contributed by atoms with E-state index in [0.717, 1.165) is 12.0 Å². The predicted octanol–water partition coefficient (Wildman–Crippen LogP) is 0.621. The highest BCUT2D eigenvalue weighted by Crippen LogP contribution is 1.93. The van der Waals surface area contributed by atoms with Crippen LogP contribution in [0.3, 0.4) is 0 Å². The second kappa shape index (κ2) is 3.85. The number of hydrogen-bond donors (Lipinski definition) is 1. The van der Waals surface area contributed by atoms with E-state index in [1.807, 2.05) is 25.3 Å². The van der Waals surface area contributed by atoms with Gasteiger partial charge in [-0.05, 0) is 12.5 Å². The first-order chi connectivity index (χ1) is 5.72. The third-order valence-corrected chi connectivity index (χ3v) is 1.65. The normalized spacial score (nSPS) is 9.75. The third kappa shape index (κ3) is 2.34. The maximum atomic E-state index is 10.3. The maximum Gasteiger partial charge on any atom is 0.370 e. The van der Waals surface area contributed by atoms with Crippen LogP contribution < -0.4 is 4.57 Å². The highest BCUT2D eigenvalue weighted by molar-refractivity contribution is 5.64. The van der Waals surface area contributed by atoms with E-state index >= 15 is 0 Å². The Balaban J connectivity index is 2.79. The Morgan fingerprint density at radius 2 is 2.42 bits per heavy atom. The summed E-state index contributed by atoms with van der Waals surface area (Å²) in [6.07, 6.45) is 4.54. The summed E-state index contributed by atoms with van der Waals surface area (Å²) in [7, 11) is 0. The fourth-order valence-electron chi connectivity index (χ4n) is 1.04. The average Bonchev–Trinajstić information content (AvgIpc) is 2.03. The second-order valence-corrected chi connectivity index (χ2v) is 2.63. The zero-order valence-corrected chi connectivity index (χ0v) is 7.03. The molecule has 0 atom stereocenters. The summed E-state index contributed by atoms with van der Waals surface area (Å²) in [6, 6.07) is 3.85. The van der Waals surface area contributed by atoms with Gasteiger partial charge in [0.25, 0.3) is 0 Å². The van der Waals surface area contributed by atoms with Crippen LogP contribution in [0.5, 0.6) is 0 Å². The number of rotatable bonds is 3. The highest BCUT2D eigenvalue weighted by atomic mass is 16.4. The summed E-state index contributed by atoms with van der Waals surface area (Å²) in [5.41, 5.74) is 1.15. The van der Waals surface area contributed by atoms with Crippen molar-refractivity contribution in [2.75, 3.05) is 0 Å². The molecule has 1 aromatic heterocycles. The number of aromatic nitrogens is 1. The molecule has 12 heavy (non-hydrogen) atoms. The molecule has 0 aliphatic carbocycles. The van der Waals surface area contributed by atoms with E-state index in [4.69, 9.17) is 5.11 Å². The van der Waals surface area contributed by atoms with Gasteiger partial charge in [0.1, 0.15) is 0 Å². The summed E-state index contributed by atoms with van der Waals surface area (Å²) >= 11 is 0. The van der Waals surface area contributed by atoms with Gasteiger partial charge in [0.2, 0.25) is 6.54 Å². The monoisotopic (exact) mass is 166 g/mol. The lowest BCUT2D eigenvalue weighted by Gasteiger charge is -1.94. The first-order valence-corrected chi connectivity index (χ1v) is 3.92. The van der Waals surface area contributed by atoms with E-state index in [1.165, 1.54) is 0 Å². The molecule has 1 aromatic rings. The molecule has 0 amide bonds. The van der Waals surface area contributed by atoms with Gasteiger partial charge in [-0.1, -0.05) is 6.92 Å². The lowest BCUT2D eigenvalue weighted by molar-refractivity contribution is -0.686. The smallest absolute Gasteiger partial charge is 0.370 e. The first-order valence-electron chi connectivity index (χ1n) is 3.92. The number of carboxylic acids is 1. The van der Waals surface area contributed by atoms with Crippen LogP contribution in [0.2, 0.25) is 0 Å². The molecular weight excluding hydrogens is 154 g/mol. The standard InChI is InChI=1S/C9H11NO2/c1-2-8-4-3-5-10(6-8)7-9(11)12/h3-6H,2,7H2,1H3/p+1. The molecule has 3 heteroatoms. The number of aliphatic carboxylic acids is 1. The van der Waals surface area contributed by atoms with Crippen molar-refractivity contribution in [3.05, 3.63) is 30.1 Å². The van der Waals surface area contributed by atoms with Crippen LogP contribution in [-0.4, -0.2) is 11.1 Å². The Bertz CT molecular complexity index is 284. The molecule has 1 heterocycles. The van der Waals surface area contributed by atoms with E-state index in [1.54, 1.807) is 10.8 Å². The lowest BCUT2D eigenvalue weighted by Crippen LogP contribution is -2.37. The number of pyridine rings is 1. The molecule has 3 nitrogen and oxygen atoms in total. The third-order valence-electron chi connectivity index (χ3n) is 1.65. The minimum Gasteiger partial charge on any atom is -0.477 e. The number of hydrogen-bond acceptors (Lipinski definition) is 1. The fourth-order valence-corrected chi connectivity index (χ4v) is 1.04. The van der Waals surface area contributed by atoms with Crippen molar-refractivity contribution in [2.24, 2.45) is 0 Å². The van der Waals surface area contributed by atoms with E-state index in [-0.39, 0.29) is 6.54 Å². The molecule has 0 radical (unpaired) electrons. The SMILES string of the molecule is CCc1ccc[n+](CC(=O)O)c1. The second-order valence-electron chi connectivity index (χ2n) is 2.63. The molecule has 0 fully saturated rings. The Kier molecular flexibility index (Phi) is 2.80. The van der Waals surface area contributed by atoms with Crippen LogP contribution in [0.4, 0.5) is 0 Å².